The summed E-state index contributed by atoms with van der Waals surface area (Å²) >= 11 is 5.91. The largest absolute Gasteiger partial charge is 0.389 e. The third kappa shape index (κ3) is 2.86. The molecule has 1 aromatic heterocycles. The molecule has 0 spiro atoms. The number of benzene rings is 1. The molecule has 2 atom stereocenters. The van der Waals surface area contributed by atoms with Gasteiger partial charge in [-0.05, 0) is 30.5 Å². The van der Waals surface area contributed by atoms with Gasteiger partial charge in [-0.2, -0.15) is 5.10 Å². The fraction of sp³-hybridized carbons (Fsp3) is 0.467. The van der Waals surface area contributed by atoms with Crippen LogP contribution in [0.4, 0.5) is 0 Å². The summed E-state index contributed by atoms with van der Waals surface area (Å²) in [6.45, 7) is 0.726. The van der Waals surface area contributed by atoms with Crippen LogP contribution >= 0.6 is 11.6 Å². The summed E-state index contributed by atoms with van der Waals surface area (Å²) < 4.78 is 1.81. The molecule has 2 aromatic rings. The van der Waals surface area contributed by atoms with Crippen molar-refractivity contribution in [3.8, 4) is 0 Å². The summed E-state index contributed by atoms with van der Waals surface area (Å²) in [6, 6.07) is 7.74. The third-order valence-corrected chi connectivity index (χ3v) is 4.47. The highest BCUT2D eigenvalue weighted by atomic mass is 35.5. The van der Waals surface area contributed by atoms with Gasteiger partial charge in [0.05, 0.1) is 5.60 Å². The number of halogens is 1. The van der Waals surface area contributed by atoms with Crippen LogP contribution in [0.15, 0.2) is 36.9 Å². The number of hydrogen-bond acceptors (Lipinski definition) is 3. The molecule has 1 saturated carbocycles. The lowest BCUT2D eigenvalue weighted by Gasteiger charge is -2.30. The zero-order valence-corrected chi connectivity index (χ0v) is 12.0. The first-order valence-electron chi connectivity index (χ1n) is 6.95. The van der Waals surface area contributed by atoms with E-state index in [0.717, 1.165) is 36.4 Å². The van der Waals surface area contributed by atoms with Crippen LogP contribution in [0.25, 0.3) is 0 Å². The smallest absolute Gasteiger partial charge is 0.137 e. The van der Waals surface area contributed by atoms with Crippen LogP contribution in [-0.2, 0) is 13.0 Å². The number of rotatable bonds is 4. The van der Waals surface area contributed by atoms with Crippen molar-refractivity contribution in [2.45, 2.75) is 37.8 Å². The van der Waals surface area contributed by atoms with E-state index in [4.69, 9.17) is 11.6 Å². The first-order valence-corrected chi connectivity index (χ1v) is 7.33. The van der Waals surface area contributed by atoms with Gasteiger partial charge in [0.15, 0.2) is 0 Å². The van der Waals surface area contributed by atoms with Gasteiger partial charge in [-0.15, -0.1) is 0 Å². The van der Waals surface area contributed by atoms with E-state index in [2.05, 4.69) is 10.1 Å². The molecule has 1 fully saturated rings. The van der Waals surface area contributed by atoms with Crippen LogP contribution in [0.2, 0.25) is 5.02 Å². The molecule has 0 bridgehead atoms. The summed E-state index contributed by atoms with van der Waals surface area (Å²) in [7, 11) is 0. The van der Waals surface area contributed by atoms with Gasteiger partial charge in [-0.1, -0.05) is 30.2 Å². The number of aliphatic hydroxyl groups is 1. The first-order chi connectivity index (χ1) is 9.66. The van der Waals surface area contributed by atoms with Crippen molar-refractivity contribution in [1.82, 2.24) is 14.8 Å². The van der Waals surface area contributed by atoms with E-state index in [-0.39, 0.29) is 5.92 Å². The van der Waals surface area contributed by atoms with Gasteiger partial charge in [0.2, 0.25) is 0 Å². The summed E-state index contributed by atoms with van der Waals surface area (Å²) in [5.41, 5.74) is 0.474. The van der Waals surface area contributed by atoms with Crippen molar-refractivity contribution in [3.63, 3.8) is 0 Å². The molecule has 106 valence electrons. The van der Waals surface area contributed by atoms with Gasteiger partial charge < -0.3 is 5.11 Å². The minimum absolute atomic E-state index is 0.222. The van der Waals surface area contributed by atoms with Crippen molar-refractivity contribution in [2.24, 2.45) is 5.92 Å². The number of hydrogen-bond donors (Lipinski definition) is 1. The van der Waals surface area contributed by atoms with E-state index in [1.54, 1.807) is 6.33 Å². The molecule has 2 unspecified atom stereocenters. The molecule has 3 rings (SSSR count). The van der Waals surface area contributed by atoms with Gasteiger partial charge in [0.25, 0.3) is 0 Å². The molecule has 1 aliphatic rings. The maximum atomic E-state index is 11.0. The van der Waals surface area contributed by atoms with Crippen molar-refractivity contribution in [2.75, 3.05) is 0 Å². The predicted octanol–water partition coefficient (Wildman–Crippen LogP) is 2.71. The zero-order chi connectivity index (χ0) is 14.0. The molecule has 0 amide bonds. The average molecular weight is 292 g/mol. The third-order valence-electron chi connectivity index (χ3n) is 4.22. The van der Waals surface area contributed by atoms with Crippen molar-refractivity contribution in [3.05, 3.63) is 47.5 Å². The van der Waals surface area contributed by atoms with Crippen LogP contribution in [-0.4, -0.2) is 25.5 Å². The Labute approximate surface area is 123 Å². The molecule has 0 saturated heterocycles. The molecular formula is C15H18ClN3O. The SMILES string of the molecule is OC1(Cc2ccc(Cl)cc2)CCCC1Cn1cncn1. The van der Waals surface area contributed by atoms with E-state index in [9.17, 15) is 5.11 Å². The second-order valence-electron chi connectivity index (χ2n) is 5.61. The molecule has 1 aliphatic carbocycles. The Morgan fingerprint density at radius 1 is 1.35 bits per heavy atom. The molecule has 1 aromatic carbocycles. The fourth-order valence-electron chi connectivity index (χ4n) is 3.13. The van der Waals surface area contributed by atoms with Crippen LogP contribution < -0.4 is 0 Å². The molecule has 20 heavy (non-hydrogen) atoms. The summed E-state index contributed by atoms with van der Waals surface area (Å²) in [5, 5.41) is 15.8. The van der Waals surface area contributed by atoms with E-state index in [1.165, 1.54) is 6.33 Å². The second-order valence-corrected chi connectivity index (χ2v) is 6.05. The molecular weight excluding hydrogens is 274 g/mol. The highest BCUT2D eigenvalue weighted by Crippen LogP contribution is 2.39. The Morgan fingerprint density at radius 3 is 2.85 bits per heavy atom. The van der Waals surface area contributed by atoms with Gasteiger partial charge in [0.1, 0.15) is 12.7 Å². The number of nitrogens with zero attached hydrogens (tertiary/aromatic N) is 3. The Balaban J connectivity index is 1.73. The quantitative estimate of drug-likeness (QED) is 0.942. The zero-order valence-electron chi connectivity index (χ0n) is 11.2. The average Bonchev–Trinajstić information content (AvgIpc) is 3.04. The monoisotopic (exact) mass is 291 g/mol. The van der Waals surface area contributed by atoms with Gasteiger partial charge in [0, 0.05) is 23.9 Å². The molecule has 4 nitrogen and oxygen atoms in total. The van der Waals surface area contributed by atoms with Crippen LogP contribution in [0.3, 0.4) is 0 Å². The Hall–Kier alpha value is -1.39. The lowest BCUT2D eigenvalue weighted by atomic mass is 9.85. The predicted molar refractivity (Wildman–Crippen MR) is 77.5 cm³/mol. The Kier molecular flexibility index (Phi) is 3.76. The van der Waals surface area contributed by atoms with Gasteiger partial charge in [-0.3, -0.25) is 4.68 Å². The minimum atomic E-state index is -0.653. The maximum Gasteiger partial charge on any atom is 0.137 e. The van der Waals surface area contributed by atoms with Crippen LogP contribution in [0.5, 0.6) is 0 Å². The van der Waals surface area contributed by atoms with E-state index >= 15 is 0 Å². The van der Waals surface area contributed by atoms with E-state index in [1.807, 2.05) is 28.9 Å². The van der Waals surface area contributed by atoms with E-state index < -0.39 is 5.60 Å². The molecule has 5 heteroatoms. The van der Waals surface area contributed by atoms with Crippen LogP contribution in [0, 0.1) is 5.92 Å². The lowest BCUT2D eigenvalue weighted by Crippen LogP contribution is -2.38. The highest BCUT2D eigenvalue weighted by Gasteiger charge is 2.41. The second kappa shape index (κ2) is 5.54. The van der Waals surface area contributed by atoms with Gasteiger partial charge >= 0.3 is 0 Å². The molecule has 1 N–H and O–H groups in total. The lowest BCUT2D eigenvalue weighted by molar-refractivity contribution is -0.00473. The first kappa shape index (κ1) is 13.6. The molecule has 0 aliphatic heterocycles. The molecule has 1 heterocycles. The summed E-state index contributed by atoms with van der Waals surface area (Å²) in [4.78, 5) is 3.96. The normalized spacial score (nSPS) is 26.0. The fourth-order valence-corrected chi connectivity index (χ4v) is 3.26. The Bertz CT molecular complexity index is 555. The maximum absolute atomic E-state index is 11.0. The van der Waals surface area contributed by atoms with Crippen molar-refractivity contribution in [1.29, 1.82) is 0 Å². The van der Waals surface area contributed by atoms with E-state index in [0.29, 0.717) is 6.42 Å². The van der Waals surface area contributed by atoms with Crippen molar-refractivity contribution < 1.29 is 5.11 Å². The number of aromatic nitrogens is 3. The summed E-state index contributed by atoms with van der Waals surface area (Å²) in [6.07, 6.45) is 6.85. The van der Waals surface area contributed by atoms with Crippen LogP contribution in [0.1, 0.15) is 24.8 Å². The summed E-state index contributed by atoms with van der Waals surface area (Å²) in [5.74, 6) is 0.222. The standard InChI is InChI=1S/C15H18ClN3O/c16-14-5-3-12(4-6-14)8-15(20)7-1-2-13(15)9-19-11-17-10-18-19/h3-6,10-11,13,20H,1-2,7-9H2. The topological polar surface area (TPSA) is 50.9 Å². The highest BCUT2D eigenvalue weighted by molar-refractivity contribution is 6.30. The van der Waals surface area contributed by atoms with Crippen molar-refractivity contribution >= 4 is 11.6 Å². The minimum Gasteiger partial charge on any atom is -0.389 e. The Morgan fingerprint density at radius 2 is 2.15 bits per heavy atom. The van der Waals surface area contributed by atoms with Gasteiger partial charge in [-0.25, -0.2) is 4.98 Å². The molecule has 0 radical (unpaired) electrons.